The van der Waals surface area contributed by atoms with E-state index in [2.05, 4.69) is 5.10 Å². The summed E-state index contributed by atoms with van der Waals surface area (Å²) in [4.78, 5) is 17.9. The van der Waals surface area contributed by atoms with Crippen molar-refractivity contribution in [2.45, 2.75) is 38.1 Å². The third-order valence-electron chi connectivity index (χ3n) is 6.20. The summed E-state index contributed by atoms with van der Waals surface area (Å²) in [5.41, 5.74) is 2.92. The number of sulfone groups is 1. The maximum absolute atomic E-state index is 13.1. The van der Waals surface area contributed by atoms with Crippen molar-refractivity contribution in [3.05, 3.63) is 52.8 Å². The lowest BCUT2D eigenvalue weighted by molar-refractivity contribution is 0.0452. The molecule has 0 spiro atoms. The summed E-state index contributed by atoms with van der Waals surface area (Å²) >= 11 is 0. The number of carbonyl (C=O) groups excluding carboxylic acids is 1. The minimum atomic E-state index is -3.10. The van der Waals surface area contributed by atoms with Gasteiger partial charge in [0.2, 0.25) is 0 Å². The number of fused-ring (bicyclic) bond motifs is 1. The standard InChI is InChI=1S/C24H24N4O5S/c1-15-22-20(24(29)33-10-9-32-19-6-2-16(13-25)3-7-19)12-21(17-4-5-17)26-23(22)28(27-15)18-8-11-34(30,31)14-18/h2-3,6-7,12,17-18H,4-5,8-11,14H2,1H3. The molecule has 1 unspecified atom stereocenters. The first-order valence-electron chi connectivity index (χ1n) is 11.2. The molecule has 176 valence electrons. The zero-order chi connectivity index (χ0) is 23.9. The Morgan fingerprint density at radius 1 is 1.21 bits per heavy atom. The first kappa shape index (κ1) is 22.3. The van der Waals surface area contributed by atoms with Crippen LogP contribution in [0.1, 0.15) is 58.5 Å². The molecule has 0 amide bonds. The maximum Gasteiger partial charge on any atom is 0.339 e. The summed E-state index contributed by atoms with van der Waals surface area (Å²) in [5.74, 6) is 0.562. The second kappa shape index (κ2) is 8.72. The van der Waals surface area contributed by atoms with E-state index in [1.165, 1.54) is 0 Å². The van der Waals surface area contributed by atoms with Crippen molar-refractivity contribution < 1.29 is 22.7 Å². The van der Waals surface area contributed by atoms with Crippen LogP contribution in [0.25, 0.3) is 11.0 Å². The molecule has 0 N–H and O–H groups in total. The average molecular weight is 481 g/mol. The highest BCUT2D eigenvalue weighted by Crippen LogP contribution is 2.41. The van der Waals surface area contributed by atoms with Crippen molar-refractivity contribution >= 4 is 26.8 Å². The summed E-state index contributed by atoms with van der Waals surface area (Å²) < 4.78 is 36.9. The fraction of sp³-hybridized carbons (Fsp3) is 0.417. The second-order valence-corrected chi connectivity index (χ2v) is 11.0. The van der Waals surface area contributed by atoms with Gasteiger partial charge in [0.15, 0.2) is 15.5 Å². The van der Waals surface area contributed by atoms with E-state index in [-0.39, 0.29) is 30.8 Å². The van der Waals surface area contributed by atoms with Gasteiger partial charge in [0.1, 0.15) is 19.0 Å². The largest absolute Gasteiger partial charge is 0.490 e. The number of carbonyl (C=O) groups is 1. The van der Waals surface area contributed by atoms with Crippen molar-refractivity contribution in [3.8, 4) is 11.8 Å². The monoisotopic (exact) mass is 480 g/mol. The molecular weight excluding hydrogens is 456 g/mol. The molecule has 34 heavy (non-hydrogen) atoms. The van der Waals surface area contributed by atoms with E-state index in [0.717, 1.165) is 18.5 Å². The van der Waals surface area contributed by atoms with Crippen molar-refractivity contribution in [1.82, 2.24) is 14.8 Å². The predicted octanol–water partition coefficient (Wildman–Crippen LogP) is 3.08. The third kappa shape index (κ3) is 4.48. The van der Waals surface area contributed by atoms with Gasteiger partial charge in [-0.2, -0.15) is 10.4 Å². The Kier molecular flexibility index (Phi) is 5.73. The molecule has 5 rings (SSSR count). The smallest absolute Gasteiger partial charge is 0.339 e. The Labute approximate surface area is 197 Å². The van der Waals surface area contributed by atoms with Gasteiger partial charge in [0.25, 0.3) is 0 Å². The van der Waals surface area contributed by atoms with Gasteiger partial charge >= 0.3 is 5.97 Å². The lowest BCUT2D eigenvalue weighted by Gasteiger charge is -2.12. The number of rotatable bonds is 7. The van der Waals surface area contributed by atoms with Crippen molar-refractivity contribution in [1.29, 1.82) is 5.26 Å². The van der Waals surface area contributed by atoms with Gasteiger partial charge in [-0.3, -0.25) is 0 Å². The van der Waals surface area contributed by atoms with Crippen LogP contribution in [0, 0.1) is 18.3 Å². The predicted molar refractivity (Wildman–Crippen MR) is 123 cm³/mol. The van der Waals surface area contributed by atoms with E-state index in [1.54, 1.807) is 41.9 Å². The summed E-state index contributed by atoms with van der Waals surface area (Å²) in [7, 11) is -3.10. The van der Waals surface area contributed by atoms with Gasteiger partial charge in [-0.1, -0.05) is 0 Å². The Balaban J connectivity index is 1.36. The Morgan fingerprint density at radius 3 is 2.62 bits per heavy atom. The number of esters is 1. The number of pyridine rings is 1. The van der Waals surface area contributed by atoms with Gasteiger partial charge in [0, 0.05) is 11.6 Å². The molecule has 1 saturated heterocycles. The van der Waals surface area contributed by atoms with E-state index < -0.39 is 15.8 Å². The number of aryl methyl sites for hydroxylation is 1. The van der Waals surface area contributed by atoms with E-state index in [0.29, 0.717) is 45.9 Å². The molecule has 1 aromatic carbocycles. The number of ether oxygens (including phenoxy) is 2. The fourth-order valence-electron chi connectivity index (χ4n) is 4.30. The van der Waals surface area contributed by atoms with Crippen LogP contribution >= 0.6 is 0 Å². The summed E-state index contributed by atoms with van der Waals surface area (Å²) in [6.45, 7) is 2.01. The van der Waals surface area contributed by atoms with Gasteiger partial charge < -0.3 is 9.47 Å². The van der Waals surface area contributed by atoms with Gasteiger partial charge in [-0.15, -0.1) is 0 Å². The highest BCUT2D eigenvalue weighted by Gasteiger charge is 2.34. The highest BCUT2D eigenvalue weighted by molar-refractivity contribution is 7.91. The fourth-order valence-corrected chi connectivity index (χ4v) is 5.99. The Bertz CT molecular complexity index is 1400. The highest BCUT2D eigenvalue weighted by atomic mass is 32.2. The molecule has 10 heteroatoms. The summed E-state index contributed by atoms with van der Waals surface area (Å²) in [6, 6.07) is 10.2. The molecule has 1 aliphatic carbocycles. The lowest BCUT2D eigenvalue weighted by Crippen LogP contribution is -2.15. The van der Waals surface area contributed by atoms with Crippen LogP contribution in [0.3, 0.4) is 0 Å². The molecule has 0 radical (unpaired) electrons. The zero-order valence-electron chi connectivity index (χ0n) is 18.7. The van der Waals surface area contributed by atoms with Gasteiger partial charge in [-0.05, 0) is 56.5 Å². The number of benzene rings is 1. The molecule has 1 saturated carbocycles. The number of hydrogen-bond donors (Lipinski definition) is 0. The molecule has 0 bridgehead atoms. The summed E-state index contributed by atoms with van der Waals surface area (Å²) in [6.07, 6.45) is 2.51. The molecule has 1 atom stereocenters. The molecule has 2 fully saturated rings. The maximum atomic E-state index is 13.1. The van der Waals surface area contributed by atoms with Crippen molar-refractivity contribution in [2.75, 3.05) is 24.7 Å². The van der Waals surface area contributed by atoms with Crippen molar-refractivity contribution in [2.24, 2.45) is 0 Å². The molecule has 3 aromatic rings. The van der Waals surface area contributed by atoms with Crippen LogP contribution in [-0.4, -0.2) is 53.9 Å². The van der Waals surface area contributed by atoms with Gasteiger partial charge in [0.05, 0.1) is 45.8 Å². The van der Waals surface area contributed by atoms with E-state index in [1.807, 2.05) is 6.07 Å². The first-order valence-corrected chi connectivity index (χ1v) is 13.1. The van der Waals surface area contributed by atoms with E-state index in [4.69, 9.17) is 19.7 Å². The average Bonchev–Trinajstić information content (AvgIpc) is 3.54. The Morgan fingerprint density at radius 2 is 1.97 bits per heavy atom. The molecule has 3 heterocycles. The van der Waals surface area contributed by atoms with Crippen LogP contribution in [0.2, 0.25) is 0 Å². The number of aromatic nitrogens is 3. The molecule has 2 aliphatic rings. The van der Waals surface area contributed by atoms with Crippen LogP contribution < -0.4 is 4.74 Å². The summed E-state index contributed by atoms with van der Waals surface area (Å²) in [5, 5.41) is 14.1. The zero-order valence-corrected chi connectivity index (χ0v) is 19.5. The van der Waals surface area contributed by atoms with Crippen LogP contribution in [0.4, 0.5) is 0 Å². The van der Waals surface area contributed by atoms with Crippen LogP contribution in [-0.2, 0) is 14.6 Å². The van der Waals surface area contributed by atoms with Gasteiger partial charge in [-0.25, -0.2) is 22.9 Å². The van der Waals surface area contributed by atoms with Crippen LogP contribution in [0.15, 0.2) is 30.3 Å². The van der Waals surface area contributed by atoms with E-state index >= 15 is 0 Å². The normalized spacial score (nSPS) is 19.1. The third-order valence-corrected chi connectivity index (χ3v) is 7.95. The Hall–Kier alpha value is -3.45. The molecule has 2 aromatic heterocycles. The number of nitriles is 1. The number of hydrogen-bond acceptors (Lipinski definition) is 8. The lowest BCUT2D eigenvalue weighted by atomic mass is 10.1. The van der Waals surface area contributed by atoms with Crippen molar-refractivity contribution in [3.63, 3.8) is 0 Å². The number of nitrogens with zero attached hydrogens (tertiary/aromatic N) is 4. The minimum Gasteiger partial charge on any atom is -0.490 e. The van der Waals surface area contributed by atoms with E-state index in [9.17, 15) is 13.2 Å². The first-order chi connectivity index (χ1) is 16.3. The molecule has 9 nitrogen and oxygen atoms in total. The quantitative estimate of drug-likeness (QED) is 0.373. The second-order valence-electron chi connectivity index (χ2n) is 8.77. The topological polar surface area (TPSA) is 124 Å². The SMILES string of the molecule is Cc1nn(C2CCS(=O)(=O)C2)c2nc(C3CC3)cc(C(=O)OCCOc3ccc(C#N)cc3)c12. The minimum absolute atomic E-state index is 0.0328. The molecule has 1 aliphatic heterocycles. The molecular formula is C24H24N4O5S. The van der Waals surface area contributed by atoms with Crippen LogP contribution in [0.5, 0.6) is 5.75 Å².